The highest BCUT2D eigenvalue weighted by atomic mass is 32.2. The van der Waals surface area contributed by atoms with Crippen LogP contribution in [0.3, 0.4) is 0 Å². The molecule has 29 heavy (non-hydrogen) atoms. The van der Waals surface area contributed by atoms with Gasteiger partial charge in [0, 0.05) is 25.3 Å². The summed E-state index contributed by atoms with van der Waals surface area (Å²) in [5.74, 6) is -4.19. The Bertz CT molecular complexity index is 1120. The molecule has 2 heterocycles. The number of rotatable bonds is 5. The second-order valence-corrected chi connectivity index (χ2v) is 8.62. The first-order valence-electron chi connectivity index (χ1n) is 8.56. The molecule has 0 bridgehead atoms. The Morgan fingerprint density at radius 2 is 2.07 bits per heavy atom. The van der Waals surface area contributed by atoms with Crippen LogP contribution in [0.1, 0.15) is 36.2 Å². The number of aliphatic imine (C=N–C) groups is 1. The molecule has 8 nitrogen and oxygen atoms in total. The molecule has 0 fully saturated rings. The van der Waals surface area contributed by atoms with Crippen LogP contribution < -0.4 is 5.01 Å². The van der Waals surface area contributed by atoms with Crippen molar-refractivity contribution in [3.8, 4) is 0 Å². The molecule has 1 aliphatic rings. The summed E-state index contributed by atoms with van der Waals surface area (Å²) in [5, 5.41) is 5.28. The van der Waals surface area contributed by atoms with Crippen LogP contribution in [-0.2, 0) is 20.6 Å². The predicted octanol–water partition coefficient (Wildman–Crippen LogP) is 2.31. The van der Waals surface area contributed by atoms with E-state index < -0.39 is 27.2 Å². The maximum absolute atomic E-state index is 14.3. The summed E-state index contributed by atoms with van der Waals surface area (Å²) in [4.78, 5) is 21.2. The van der Waals surface area contributed by atoms with E-state index in [1.807, 2.05) is 0 Å². The number of hydrogen-bond acceptors (Lipinski definition) is 6. The van der Waals surface area contributed by atoms with Crippen molar-refractivity contribution in [1.29, 1.82) is 0 Å². The van der Waals surface area contributed by atoms with Crippen LogP contribution in [-0.4, -0.2) is 49.2 Å². The fourth-order valence-corrected chi connectivity index (χ4v) is 4.20. The minimum absolute atomic E-state index is 0.0173. The smallest absolute Gasteiger partial charge is 0.273 e. The molecular formula is C18H19F2N5O3S. The number of carbonyl (C=O) groups is 1. The Kier molecular flexibility index (Phi) is 5.11. The van der Waals surface area contributed by atoms with E-state index in [1.165, 1.54) is 35.9 Å². The number of allylic oxidation sites excluding steroid dienone is 2. The van der Waals surface area contributed by atoms with Crippen LogP contribution in [0.25, 0.3) is 0 Å². The second kappa shape index (κ2) is 7.14. The number of alkyl halides is 2. The Balaban J connectivity index is 2.24. The summed E-state index contributed by atoms with van der Waals surface area (Å²) in [7, 11) is -2.40. The fourth-order valence-electron chi connectivity index (χ4n) is 3.22. The third-order valence-corrected chi connectivity index (χ3v) is 5.78. The zero-order valence-electron chi connectivity index (χ0n) is 16.0. The number of sulfone groups is 1. The van der Waals surface area contributed by atoms with Crippen molar-refractivity contribution in [3.05, 3.63) is 47.3 Å². The highest BCUT2D eigenvalue weighted by molar-refractivity contribution is 7.90. The van der Waals surface area contributed by atoms with Gasteiger partial charge >= 0.3 is 0 Å². The number of nitrogens with zero attached hydrogens (tertiary/aromatic N) is 5. The lowest BCUT2D eigenvalue weighted by molar-refractivity contribution is -0.121. The van der Waals surface area contributed by atoms with Gasteiger partial charge in [-0.1, -0.05) is 18.2 Å². The van der Waals surface area contributed by atoms with Crippen molar-refractivity contribution in [2.75, 3.05) is 18.3 Å². The fraction of sp³-hybridized carbons (Fsp3) is 0.333. The molecule has 1 amide bonds. The van der Waals surface area contributed by atoms with Crippen molar-refractivity contribution >= 4 is 28.4 Å². The zero-order chi connectivity index (χ0) is 21.6. The molecule has 1 aromatic heterocycles. The van der Waals surface area contributed by atoms with Crippen molar-refractivity contribution in [3.63, 3.8) is 0 Å². The van der Waals surface area contributed by atoms with Crippen molar-refractivity contribution < 1.29 is 22.0 Å². The van der Waals surface area contributed by atoms with Gasteiger partial charge in [0.25, 0.3) is 11.9 Å². The lowest BCUT2D eigenvalue weighted by Crippen LogP contribution is -2.44. The molecule has 0 N–H and O–H groups in total. The quantitative estimate of drug-likeness (QED) is 0.543. The van der Waals surface area contributed by atoms with E-state index in [9.17, 15) is 22.0 Å². The van der Waals surface area contributed by atoms with E-state index in [0.717, 1.165) is 18.4 Å². The van der Waals surface area contributed by atoms with Gasteiger partial charge in [-0.3, -0.25) is 4.79 Å². The monoisotopic (exact) mass is 423 g/mol. The van der Waals surface area contributed by atoms with Crippen molar-refractivity contribution in [1.82, 2.24) is 14.9 Å². The minimum atomic E-state index is -3.89. The second-order valence-electron chi connectivity index (χ2n) is 6.64. The Morgan fingerprint density at radius 1 is 1.38 bits per heavy atom. The van der Waals surface area contributed by atoms with Gasteiger partial charge in [0.15, 0.2) is 15.7 Å². The Morgan fingerprint density at radius 3 is 2.66 bits per heavy atom. The molecule has 1 aromatic carbocycles. The molecule has 0 radical (unpaired) electrons. The van der Waals surface area contributed by atoms with Gasteiger partial charge in [-0.05, 0) is 31.3 Å². The van der Waals surface area contributed by atoms with Crippen LogP contribution >= 0.6 is 0 Å². The first-order valence-corrected chi connectivity index (χ1v) is 10.5. The molecule has 0 saturated carbocycles. The molecule has 1 aliphatic heterocycles. The molecule has 0 aliphatic carbocycles. The summed E-state index contributed by atoms with van der Waals surface area (Å²) in [5.41, 5.74) is -0.271. The molecule has 3 rings (SSSR count). The number of amides is 1. The highest BCUT2D eigenvalue weighted by Crippen LogP contribution is 2.38. The van der Waals surface area contributed by atoms with E-state index in [0.29, 0.717) is 6.08 Å². The van der Waals surface area contributed by atoms with Gasteiger partial charge in [0.2, 0.25) is 5.91 Å². The largest absolute Gasteiger partial charge is 0.291 e. The summed E-state index contributed by atoms with van der Waals surface area (Å²) < 4.78 is 53.5. The first-order chi connectivity index (χ1) is 13.5. The third kappa shape index (κ3) is 3.69. The maximum Gasteiger partial charge on any atom is 0.291 e. The van der Waals surface area contributed by atoms with Crippen LogP contribution in [0.5, 0.6) is 0 Å². The van der Waals surface area contributed by atoms with Crippen LogP contribution in [0.15, 0.2) is 40.2 Å². The van der Waals surface area contributed by atoms with Crippen LogP contribution in [0.4, 0.5) is 14.7 Å². The number of carbonyl (C=O) groups excluding carboxylic acids is 1. The number of halogens is 2. The molecule has 154 valence electrons. The standard InChI is InChI=1S/C18H19F2N5O3S/c1-5-8-18(19,20)11-6-7-12(14(9-11)29(4,27)28)13-10-15(26)24(3)25-16(13)22-17(21-2)23-25/h5-9,13H,2,10H2,1,3-4H3. The topological polar surface area (TPSA) is 97.5 Å². The van der Waals surface area contributed by atoms with E-state index in [1.54, 1.807) is 0 Å². The molecule has 11 heteroatoms. The summed E-state index contributed by atoms with van der Waals surface area (Å²) in [6, 6.07) is 3.40. The molecular weight excluding hydrogens is 404 g/mol. The summed E-state index contributed by atoms with van der Waals surface area (Å²) in [6.45, 7) is 4.80. The van der Waals surface area contributed by atoms with Crippen molar-refractivity contribution in [2.24, 2.45) is 4.99 Å². The third-order valence-electron chi connectivity index (χ3n) is 4.63. The van der Waals surface area contributed by atoms with Gasteiger partial charge in [-0.25, -0.2) is 18.4 Å². The Hall–Kier alpha value is -2.95. The highest BCUT2D eigenvalue weighted by Gasteiger charge is 2.37. The first kappa shape index (κ1) is 20.8. The van der Waals surface area contributed by atoms with Crippen LogP contribution in [0.2, 0.25) is 0 Å². The molecule has 1 atom stereocenters. The zero-order valence-corrected chi connectivity index (χ0v) is 16.8. The SMILES string of the molecule is C=Nc1nc2n(n1)N(C)C(=O)CC2c1ccc(C(F)(F)C=CC)cc1S(C)(=O)=O. The normalized spacial score (nSPS) is 17.6. The number of aromatic nitrogens is 3. The van der Waals surface area contributed by atoms with Crippen molar-refractivity contribution in [2.45, 2.75) is 30.1 Å². The van der Waals surface area contributed by atoms with E-state index in [2.05, 4.69) is 21.8 Å². The van der Waals surface area contributed by atoms with E-state index in [4.69, 9.17) is 0 Å². The number of benzene rings is 1. The molecule has 2 aromatic rings. The number of fused-ring (bicyclic) bond motifs is 1. The lowest BCUT2D eigenvalue weighted by atomic mass is 9.91. The van der Waals surface area contributed by atoms with Gasteiger partial charge in [0.1, 0.15) is 0 Å². The summed E-state index contributed by atoms with van der Waals surface area (Å²) in [6.07, 6.45) is 2.71. The predicted molar refractivity (Wildman–Crippen MR) is 103 cm³/mol. The minimum Gasteiger partial charge on any atom is -0.273 e. The summed E-state index contributed by atoms with van der Waals surface area (Å²) >= 11 is 0. The van der Waals surface area contributed by atoms with Gasteiger partial charge < -0.3 is 0 Å². The van der Waals surface area contributed by atoms with E-state index >= 15 is 0 Å². The average Bonchev–Trinajstić information content (AvgIpc) is 3.08. The van der Waals surface area contributed by atoms with Crippen LogP contribution in [0, 0.1) is 0 Å². The molecule has 0 saturated heterocycles. The van der Waals surface area contributed by atoms with Gasteiger partial charge in [0.05, 0.1) is 10.8 Å². The Labute approximate surface area is 166 Å². The average molecular weight is 423 g/mol. The maximum atomic E-state index is 14.3. The lowest BCUT2D eigenvalue weighted by Gasteiger charge is -2.29. The van der Waals surface area contributed by atoms with Gasteiger partial charge in [-0.15, -0.1) is 5.10 Å². The number of hydrogen-bond donors (Lipinski definition) is 0. The van der Waals surface area contributed by atoms with Gasteiger partial charge in [-0.2, -0.15) is 18.6 Å². The molecule has 0 spiro atoms. The van der Waals surface area contributed by atoms with E-state index in [-0.39, 0.29) is 34.6 Å². The molecule has 1 unspecified atom stereocenters.